The molecule has 0 aliphatic carbocycles. The van der Waals surface area contributed by atoms with Crippen molar-refractivity contribution in [1.29, 1.82) is 0 Å². The highest BCUT2D eigenvalue weighted by molar-refractivity contribution is 7.09. The van der Waals surface area contributed by atoms with Crippen LogP contribution in [0.5, 0.6) is 0 Å². The van der Waals surface area contributed by atoms with Crippen molar-refractivity contribution in [3.8, 4) is 0 Å². The quantitative estimate of drug-likeness (QED) is 0.904. The van der Waals surface area contributed by atoms with Gasteiger partial charge in [0.15, 0.2) is 0 Å². The second kappa shape index (κ2) is 5.15. The van der Waals surface area contributed by atoms with Gasteiger partial charge in [-0.25, -0.2) is 4.98 Å². The number of aromatic nitrogens is 1. The Morgan fingerprint density at radius 1 is 1.47 bits per heavy atom. The van der Waals surface area contributed by atoms with E-state index in [1.807, 2.05) is 0 Å². The van der Waals surface area contributed by atoms with Crippen LogP contribution in [0.3, 0.4) is 0 Å². The first-order chi connectivity index (χ1) is 8.72. The molecule has 4 heteroatoms. The topological polar surface area (TPSA) is 48.1 Å². The van der Waals surface area contributed by atoms with E-state index in [1.165, 1.54) is 0 Å². The molecular formula is C15H26N2OS. The summed E-state index contributed by atoms with van der Waals surface area (Å²) in [6.45, 7) is 11.7. The van der Waals surface area contributed by atoms with Gasteiger partial charge in [0.2, 0.25) is 0 Å². The number of ether oxygens (including phenoxy) is 1. The number of nitrogens with zero attached hydrogens (tertiary/aromatic N) is 1. The van der Waals surface area contributed by atoms with Gasteiger partial charge in [-0.1, -0.05) is 34.6 Å². The van der Waals surface area contributed by atoms with Gasteiger partial charge in [-0.3, -0.25) is 0 Å². The Bertz CT molecular complexity index is 436. The third kappa shape index (κ3) is 3.18. The normalized spacial score (nSPS) is 28.9. The molecule has 1 aromatic rings. The van der Waals surface area contributed by atoms with Gasteiger partial charge in [0.1, 0.15) is 5.01 Å². The van der Waals surface area contributed by atoms with E-state index in [9.17, 15) is 0 Å². The van der Waals surface area contributed by atoms with E-state index in [0.717, 1.165) is 30.2 Å². The van der Waals surface area contributed by atoms with E-state index in [0.29, 0.717) is 5.92 Å². The summed E-state index contributed by atoms with van der Waals surface area (Å²) in [7, 11) is 0. The number of nitrogens with two attached hydrogens (primary N) is 1. The van der Waals surface area contributed by atoms with E-state index >= 15 is 0 Å². The molecule has 0 aromatic carbocycles. The number of hydrogen-bond acceptors (Lipinski definition) is 4. The lowest BCUT2D eigenvalue weighted by Crippen LogP contribution is -2.47. The van der Waals surface area contributed by atoms with Gasteiger partial charge in [-0.05, 0) is 18.8 Å². The molecule has 3 nitrogen and oxygen atoms in total. The Morgan fingerprint density at radius 2 is 2.16 bits per heavy atom. The fraction of sp³-hybridized carbons (Fsp3) is 0.800. The number of hydrogen-bond donors (Lipinski definition) is 1. The third-order valence-corrected chi connectivity index (χ3v) is 4.95. The van der Waals surface area contributed by atoms with Gasteiger partial charge in [0.05, 0.1) is 17.3 Å². The van der Waals surface area contributed by atoms with Crippen LogP contribution in [0.15, 0.2) is 5.38 Å². The van der Waals surface area contributed by atoms with Crippen molar-refractivity contribution in [1.82, 2.24) is 4.98 Å². The maximum absolute atomic E-state index is 6.63. The predicted molar refractivity (Wildman–Crippen MR) is 80.5 cm³/mol. The Kier molecular flexibility index (Phi) is 4.05. The summed E-state index contributed by atoms with van der Waals surface area (Å²) in [6, 6.07) is 0. The summed E-state index contributed by atoms with van der Waals surface area (Å²) < 4.78 is 5.83. The zero-order chi connectivity index (χ0) is 14.3. The predicted octanol–water partition coefficient (Wildman–Crippen LogP) is 3.43. The molecule has 2 atom stereocenters. The lowest BCUT2D eigenvalue weighted by Gasteiger charge is -2.38. The molecule has 0 saturated carbocycles. The molecule has 0 bridgehead atoms. The summed E-state index contributed by atoms with van der Waals surface area (Å²) in [5.74, 6) is 0.505. The van der Waals surface area contributed by atoms with Crippen molar-refractivity contribution in [3.05, 3.63) is 16.1 Å². The van der Waals surface area contributed by atoms with E-state index < -0.39 is 0 Å². The van der Waals surface area contributed by atoms with Gasteiger partial charge in [-0.15, -0.1) is 11.3 Å². The molecule has 2 N–H and O–H groups in total. The monoisotopic (exact) mass is 282 g/mol. The number of rotatable bonds is 2. The van der Waals surface area contributed by atoms with E-state index in [4.69, 9.17) is 15.5 Å². The van der Waals surface area contributed by atoms with Crippen molar-refractivity contribution >= 4 is 11.3 Å². The lowest BCUT2D eigenvalue weighted by atomic mass is 9.84. The first-order valence-corrected chi connectivity index (χ1v) is 7.97. The minimum atomic E-state index is -0.304. The summed E-state index contributed by atoms with van der Waals surface area (Å²) in [5, 5.41) is 3.23. The largest absolute Gasteiger partial charge is 0.378 e. The highest BCUT2D eigenvalue weighted by Gasteiger charge is 2.39. The van der Waals surface area contributed by atoms with E-state index in [2.05, 4.69) is 40.0 Å². The molecule has 2 rings (SSSR count). The van der Waals surface area contributed by atoms with Crippen LogP contribution in [0.2, 0.25) is 0 Å². The molecule has 2 heterocycles. The Labute approximate surface area is 120 Å². The molecule has 1 aliphatic heterocycles. The van der Waals surface area contributed by atoms with Crippen molar-refractivity contribution in [2.75, 3.05) is 6.61 Å². The summed E-state index contributed by atoms with van der Waals surface area (Å²) in [5.41, 5.74) is 7.56. The average molecular weight is 282 g/mol. The van der Waals surface area contributed by atoms with Crippen LogP contribution < -0.4 is 5.73 Å². The van der Waals surface area contributed by atoms with Crippen molar-refractivity contribution in [2.45, 2.75) is 64.5 Å². The van der Waals surface area contributed by atoms with E-state index in [1.54, 1.807) is 11.3 Å². The Hall–Kier alpha value is -0.450. The Balaban J connectivity index is 2.22. The van der Waals surface area contributed by atoms with Crippen LogP contribution in [-0.4, -0.2) is 17.7 Å². The highest BCUT2D eigenvalue weighted by atomic mass is 32.1. The van der Waals surface area contributed by atoms with Crippen molar-refractivity contribution in [2.24, 2.45) is 11.7 Å². The first-order valence-electron chi connectivity index (χ1n) is 7.09. The van der Waals surface area contributed by atoms with Crippen LogP contribution in [0, 0.1) is 5.92 Å². The molecular weight excluding hydrogens is 256 g/mol. The van der Waals surface area contributed by atoms with Crippen LogP contribution in [0.4, 0.5) is 0 Å². The second-order valence-corrected chi connectivity index (χ2v) is 7.91. The average Bonchev–Trinajstić information content (AvgIpc) is 2.78. The highest BCUT2D eigenvalue weighted by Crippen LogP contribution is 2.37. The third-order valence-electron chi connectivity index (χ3n) is 3.89. The molecule has 1 aliphatic rings. The maximum atomic E-state index is 6.63. The molecule has 108 valence electrons. The smallest absolute Gasteiger partial charge is 0.113 e. The van der Waals surface area contributed by atoms with Crippen LogP contribution in [-0.2, 0) is 15.7 Å². The molecule has 1 aromatic heterocycles. The van der Waals surface area contributed by atoms with E-state index in [-0.39, 0.29) is 17.1 Å². The van der Waals surface area contributed by atoms with Crippen LogP contribution in [0.1, 0.15) is 58.2 Å². The first kappa shape index (κ1) is 14.9. The second-order valence-electron chi connectivity index (χ2n) is 7.05. The van der Waals surface area contributed by atoms with Gasteiger partial charge in [-0.2, -0.15) is 0 Å². The molecule has 2 unspecified atom stereocenters. The minimum absolute atomic E-state index is 0.0910. The maximum Gasteiger partial charge on any atom is 0.113 e. The summed E-state index contributed by atoms with van der Waals surface area (Å²) in [4.78, 5) is 4.81. The van der Waals surface area contributed by atoms with Gasteiger partial charge in [0.25, 0.3) is 0 Å². The molecule has 0 amide bonds. The van der Waals surface area contributed by atoms with Gasteiger partial charge < -0.3 is 10.5 Å². The molecule has 1 fully saturated rings. The molecule has 0 radical (unpaired) electrons. The lowest BCUT2D eigenvalue weighted by molar-refractivity contribution is -0.0438. The van der Waals surface area contributed by atoms with Crippen LogP contribution in [0.25, 0.3) is 0 Å². The molecule has 19 heavy (non-hydrogen) atoms. The fourth-order valence-electron chi connectivity index (χ4n) is 2.38. The molecule has 0 spiro atoms. The fourth-order valence-corrected chi connectivity index (χ4v) is 3.58. The van der Waals surface area contributed by atoms with Crippen molar-refractivity contribution < 1.29 is 4.74 Å². The van der Waals surface area contributed by atoms with Gasteiger partial charge in [0, 0.05) is 17.4 Å². The summed E-state index contributed by atoms with van der Waals surface area (Å²) >= 11 is 1.70. The van der Waals surface area contributed by atoms with Crippen molar-refractivity contribution in [3.63, 3.8) is 0 Å². The Morgan fingerprint density at radius 3 is 2.68 bits per heavy atom. The molecule has 1 saturated heterocycles. The zero-order valence-electron chi connectivity index (χ0n) is 12.7. The number of thiazole rings is 1. The van der Waals surface area contributed by atoms with Crippen LogP contribution >= 0.6 is 11.3 Å². The minimum Gasteiger partial charge on any atom is -0.378 e. The zero-order valence-corrected chi connectivity index (χ0v) is 13.5. The SMILES string of the molecule is CC(C)C1CC(N)(c2nc(C(C)(C)C)cs2)CCO1. The standard InChI is InChI=1S/C15H26N2OS/c1-10(2)11-8-15(16,6-7-18-11)13-17-12(9-19-13)14(3,4)5/h9-11H,6-8,16H2,1-5H3. The van der Waals surface area contributed by atoms with Gasteiger partial charge >= 0.3 is 0 Å². The summed E-state index contributed by atoms with van der Waals surface area (Å²) in [6.07, 6.45) is 2.00.